The highest BCUT2D eigenvalue weighted by atomic mass is 16.6. The Bertz CT molecular complexity index is 1490. The largest absolute Gasteiger partial charge is 0.474 e. The van der Waals surface area contributed by atoms with E-state index in [0.717, 1.165) is 65.1 Å². The Kier molecular flexibility index (Phi) is 6.66. The van der Waals surface area contributed by atoms with Gasteiger partial charge in [-0.1, -0.05) is 54.6 Å². The van der Waals surface area contributed by atoms with Crippen molar-refractivity contribution in [2.24, 2.45) is 0 Å². The number of anilines is 2. The van der Waals surface area contributed by atoms with Crippen LogP contribution in [0.2, 0.25) is 0 Å². The molecule has 6 rings (SSSR count). The Morgan fingerprint density at radius 1 is 1.00 bits per heavy atom. The van der Waals surface area contributed by atoms with Crippen molar-refractivity contribution in [3.05, 3.63) is 90.8 Å². The van der Waals surface area contributed by atoms with E-state index >= 15 is 0 Å². The average Bonchev–Trinajstić information content (AvgIpc) is 2.94. The number of rotatable bonds is 5. The quantitative estimate of drug-likeness (QED) is 0.291. The van der Waals surface area contributed by atoms with Crippen LogP contribution in [0.5, 0.6) is 5.88 Å². The molecule has 0 atom stereocenters. The Balaban J connectivity index is 1.38. The Morgan fingerprint density at radius 2 is 1.77 bits per heavy atom. The number of nitrogens with zero attached hydrogens (tertiary/aromatic N) is 3. The fourth-order valence-electron chi connectivity index (χ4n) is 5.44. The second kappa shape index (κ2) is 10.3. The number of fused-ring (bicyclic) bond motifs is 1. The Morgan fingerprint density at radius 3 is 2.42 bits per heavy atom. The van der Waals surface area contributed by atoms with Gasteiger partial charge < -0.3 is 19.7 Å². The van der Waals surface area contributed by atoms with E-state index in [0.29, 0.717) is 12.5 Å². The van der Waals surface area contributed by atoms with E-state index in [-0.39, 0.29) is 6.09 Å². The first-order chi connectivity index (χ1) is 19.3. The van der Waals surface area contributed by atoms with E-state index in [1.54, 1.807) is 6.20 Å². The molecule has 2 aromatic carbocycles. The molecule has 1 N–H and O–H groups in total. The summed E-state index contributed by atoms with van der Waals surface area (Å²) in [5.74, 6) is 0.607. The van der Waals surface area contributed by atoms with Crippen molar-refractivity contribution in [3.8, 4) is 28.3 Å². The normalized spacial score (nSPS) is 15.8. The molecule has 2 aliphatic rings. The summed E-state index contributed by atoms with van der Waals surface area (Å²) >= 11 is 0. The van der Waals surface area contributed by atoms with Gasteiger partial charge in [0.15, 0.2) is 0 Å². The summed E-state index contributed by atoms with van der Waals surface area (Å²) in [6.07, 6.45) is 6.10. The minimum Gasteiger partial charge on any atom is -0.474 e. The third kappa shape index (κ3) is 5.11. The highest BCUT2D eigenvalue weighted by Crippen LogP contribution is 2.44. The molecule has 1 saturated carbocycles. The molecule has 1 fully saturated rings. The number of nitrogens with one attached hydrogen (secondary N) is 1. The van der Waals surface area contributed by atoms with Crippen molar-refractivity contribution in [1.82, 2.24) is 15.3 Å². The molecule has 40 heavy (non-hydrogen) atoms. The third-order valence-electron chi connectivity index (χ3n) is 7.51. The Hall–Kier alpha value is -4.39. The summed E-state index contributed by atoms with van der Waals surface area (Å²) in [5, 5.41) is 3.15. The molecule has 1 aliphatic heterocycles. The average molecular weight is 535 g/mol. The first kappa shape index (κ1) is 25.9. The fourth-order valence-corrected chi connectivity index (χ4v) is 5.44. The minimum atomic E-state index is -0.542. The molecule has 0 radical (unpaired) electrons. The zero-order valence-corrected chi connectivity index (χ0v) is 23.2. The van der Waals surface area contributed by atoms with Crippen molar-refractivity contribution in [3.63, 3.8) is 0 Å². The number of alkyl carbamates (subject to hydrolysis) is 1. The summed E-state index contributed by atoms with van der Waals surface area (Å²) in [4.78, 5) is 24.2. The van der Waals surface area contributed by atoms with Gasteiger partial charge in [-0.2, -0.15) is 0 Å². The van der Waals surface area contributed by atoms with Crippen molar-refractivity contribution < 1.29 is 14.3 Å². The lowest BCUT2D eigenvalue weighted by Gasteiger charge is -2.43. The summed E-state index contributed by atoms with van der Waals surface area (Å²) in [5.41, 5.74) is 6.01. The molecule has 1 aliphatic carbocycles. The van der Waals surface area contributed by atoms with Crippen molar-refractivity contribution >= 4 is 17.5 Å². The van der Waals surface area contributed by atoms with Crippen molar-refractivity contribution in [2.45, 2.75) is 51.2 Å². The van der Waals surface area contributed by atoms with Crippen LogP contribution in [0, 0.1) is 0 Å². The minimum absolute atomic E-state index is 0.380. The van der Waals surface area contributed by atoms with Crippen LogP contribution in [0.1, 0.15) is 45.6 Å². The number of hydrogen-bond acceptors (Lipinski definition) is 6. The van der Waals surface area contributed by atoms with Gasteiger partial charge in [0.2, 0.25) is 5.88 Å². The molecule has 0 saturated heterocycles. The molecule has 4 aromatic rings. The first-order valence-corrected chi connectivity index (χ1v) is 13.8. The van der Waals surface area contributed by atoms with Crippen LogP contribution in [-0.4, -0.2) is 34.8 Å². The molecule has 7 nitrogen and oxygen atoms in total. The van der Waals surface area contributed by atoms with E-state index in [1.165, 1.54) is 0 Å². The van der Waals surface area contributed by atoms with E-state index in [2.05, 4.69) is 63.7 Å². The van der Waals surface area contributed by atoms with Gasteiger partial charge >= 0.3 is 6.09 Å². The number of benzene rings is 2. The van der Waals surface area contributed by atoms with Crippen molar-refractivity contribution in [1.29, 1.82) is 0 Å². The number of aromatic nitrogens is 2. The maximum Gasteiger partial charge on any atom is 0.408 e. The lowest BCUT2D eigenvalue weighted by Crippen LogP contribution is -2.52. The topological polar surface area (TPSA) is 76.6 Å². The SMILES string of the molecule is CC(C)(C)OC(=O)NC1(c2ccc(-c3nc4c(cc3-c3ccccc3)N(c3cccnc3)CCO4)cc2)CCC1. The second-order valence-electron chi connectivity index (χ2n) is 11.4. The van der Waals surface area contributed by atoms with Crippen LogP contribution >= 0.6 is 0 Å². The van der Waals surface area contributed by atoms with Crippen LogP contribution in [0.15, 0.2) is 85.2 Å². The second-order valence-corrected chi connectivity index (χ2v) is 11.4. The molecular formula is C33H34N4O3. The predicted molar refractivity (Wildman–Crippen MR) is 157 cm³/mol. The molecule has 7 heteroatoms. The van der Waals surface area contributed by atoms with E-state index < -0.39 is 11.1 Å². The lowest BCUT2D eigenvalue weighted by molar-refractivity contribution is 0.0377. The molecule has 0 spiro atoms. The number of carbonyl (C=O) groups excluding carboxylic acids is 1. The molecule has 2 aromatic heterocycles. The zero-order valence-electron chi connectivity index (χ0n) is 23.2. The van der Waals surface area contributed by atoms with Crippen molar-refractivity contribution in [2.75, 3.05) is 18.1 Å². The van der Waals surface area contributed by atoms with E-state index in [4.69, 9.17) is 14.5 Å². The smallest absolute Gasteiger partial charge is 0.408 e. The van der Waals surface area contributed by atoms with Gasteiger partial charge in [0.1, 0.15) is 17.9 Å². The molecule has 1 amide bonds. The summed E-state index contributed by atoms with van der Waals surface area (Å²) in [6.45, 7) is 6.89. The Labute approximate surface area is 235 Å². The van der Waals surface area contributed by atoms with Crippen LogP contribution in [-0.2, 0) is 10.3 Å². The monoisotopic (exact) mass is 534 g/mol. The lowest BCUT2D eigenvalue weighted by atomic mass is 9.71. The van der Waals surface area contributed by atoms with E-state index in [9.17, 15) is 4.79 Å². The number of ether oxygens (including phenoxy) is 2. The number of amides is 1. The van der Waals surface area contributed by atoms with Gasteiger partial charge in [0.05, 0.1) is 29.7 Å². The number of hydrogen-bond donors (Lipinski definition) is 1. The van der Waals surface area contributed by atoms with Gasteiger partial charge in [-0.05, 0) is 69.4 Å². The summed E-state index contributed by atoms with van der Waals surface area (Å²) in [7, 11) is 0. The highest BCUT2D eigenvalue weighted by Gasteiger charge is 2.41. The van der Waals surface area contributed by atoms with Crippen LogP contribution < -0.4 is 15.0 Å². The molecule has 204 valence electrons. The maximum atomic E-state index is 12.6. The zero-order chi connectivity index (χ0) is 27.7. The first-order valence-electron chi connectivity index (χ1n) is 13.8. The van der Waals surface area contributed by atoms with Crippen LogP contribution in [0.4, 0.5) is 16.2 Å². The van der Waals surface area contributed by atoms with Gasteiger partial charge in [-0.25, -0.2) is 9.78 Å². The molecule has 0 unspecified atom stereocenters. The van der Waals surface area contributed by atoms with Gasteiger partial charge in [-0.15, -0.1) is 0 Å². The summed E-state index contributed by atoms with van der Waals surface area (Å²) in [6, 6.07) is 24.9. The van der Waals surface area contributed by atoms with Gasteiger partial charge in [0.25, 0.3) is 0 Å². The number of pyridine rings is 2. The van der Waals surface area contributed by atoms with Gasteiger partial charge in [0, 0.05) is 17.3 Å². The highest BCUT2D eigenvalue weighted by molar-refractivity contribution is 5.86. The van der Waals surface area contributed by atoms with Gasteiger partial charge in [-0.3, -0.25) is 4.98 Å². The maximum absolute atomic E-state index is 12.6. The standard InChI is InChI=1S/C33H34N4O3/c1-32(2,3)40-31(38)36-33(16-8-17-33)25-14-12-24(13-15-25)29-27(23-9-5-4-6-10-23)21-28-30(35-29)39-20-19-37(28)26-11-7-18-34-22-26/h4-7,9-15,18,21-22H,8,16-17,19-20H2,1-3H3,(H,36,38). The van der Waals surface area contributed by atoms with Crippen LogP contribution in [0.3, 0.4) is 0 Å². The number of carbonyl (C=O) groups is 1. The fraction of sp³-hybridized carbons (Fsp3) is 0.303. The molecular weight excluding hydrogens is 500 g/mol. The molecule has 0 bridgehead atoms. The molecule has 3 heterocycles. The summed E-state index contributed by atoms with van der Waals surface area (Å²) < 4.78 is 11.6. The van der Waals surface area contributed by atoms with Crippen LogP contribution in [0.25, 0.3) is 22.4 Å². The predicted octanol–water partition coefficient (Wildman–Crippen LogP) is 7.25. The van der Waals surface area contributed by atoms with E-state index in [1.807, 2.05) is 51.2 Å². The third-order valence-corrected chi connectivity index (χ3v) is 7.51.